The Morgan fingerprint density at radius 2 is 1.82 bits per heavy atom. The van der Waals surface area contributed by atoms with Gasteiger partial charge < -0.3 is 24.9 Å². The van der Waals surface area contributed by atoms with E-state index >= 15 is 0 Å². The number of nitrogens with zero attached hydrogens (tertiary/aromatic N) is 1. The van der Waals surface area contributed by atoms with Gasteiger partial charge in [0.15, 0.2) is 0 Å². The van der Waals surface area contributed by atoms with E-state index in [-0.39, 0.29) is 12.3 Å². The molecule has 0 unspecified atom stereocenters. The SMILES string of the molecule is COc1ccc(-c2cnsc2-c2cc(C)c(C)c(OC)c2)cc1NC(=O)[C@H](N)Cc1cc2ccccc2o1. The molecule has 0 fully saturated rings. The molecule has 1 atom stereocenters. The quantitative estimate of drug-likeness (QED) is 0.243. The Labute approximate surface area is 225 Å². The molecule has 0 spiro atoms. The van der Waals surface area contributed by atoms with E-state index in [1.807, 2.05) is 67.7 Å². The zero-order valence-electron chi connectivity index (χ0n) is 21.7. The summed E-state index contributed by atoms with van der Waals surface area (Å²) < 4.78 is 21.4. The van der Waals surface area contributed by atoms with Crippen molar-refractivity contribution in [2.45, 2.75) is 26.3 Å². The fourth-order valence-corrected chi connectivity index (χ4v) is 5.22. The van der Waals surface area contributed by atoms with E-state index in [1.54, 1.807) is 14.2 Å². The smallest absolute Gasteiger partial charge is 0.241 e. The maximum Gasteiger partial charge on any atom is 0.241 e. The number of hydrogen-bond donors (Lipinski definition) is 2. The maximum atomic E-state index is 13.1. The van der Waals surface area contributed by atoms with E-state index in [4.69, 9.17) is 19.6 Å². The number of methoxy groups -OCH3 is 2. The first-order chi connectivity index (χ1) is 18.4. The van der Waals surface area contributed by atoms with Gasteiger partial charge in [0.05, 0.1) is 30.8 Å². The summed E-state index contributed by atoms with van der Waals surface area (Å²) in [5, 5.41) is 3.92. The fraction of sp³-hybridized carbons (Fsp3) is 0.200. The number of aryl methyl sites for hydroxylation is 1. The summed E-state index contributed by atoms with van der Waals surface area (Å²) in [5.74, 6) is 1.70. The molecule has 5 rings (SSSR count). The summed E-state index contributed by atoms with van der Waals surface area (Å²) >= 11 is 1.41. The molecule has 3 aromatic carbocycles. The van der Waals surface area contributed by atoms with E-state index in [1.165, 1.54) is 11.5 Å². The largest absolute Gasteiger partial charge is 0.496 e. The number of amides is 1. The molecule has 0 saturated carbocycles. The van der Waals surface area contributed by atoms with Crippen molar-refractivity contribution in [3.05, 3.63) is 83.7 Å². The average molecular weight is 528 g/mol. The third-order valence-electron chi connectivity index (χ3n) is 6.68. The normalized spacial score (nSPS) is 11.9. The molecule has 0 aliphatic heterocycles. The first-order valence-corrected chi connectivity index (χ1v) is 13.0. The number of furan rings is 1. The maximum absolute atomic E-state index is 13.1. The van der Waals surface area contributed by atoms with Crippen LogP contribution in [0.4, 0.5) is 5.69 Å². The molecular weight excluding hydrogens is 498 g/mol. The molecule has 0 radical (unpaired) electrons. The lowest BCUT2D eigenvalue weighted by atomic mass is 9.99. The standard InChI is InChI=1S/C30H29N3O4S/c1-17-11-21(14-28(36-4)18(17)2)29-23(16-32-38-29)19-9-10-27(35-3)25(13-19)33-30(34)24(31)15-22-12-20-7-5-6-8-26(20)37-22/h5-14,16,24H,15,31H2,1-4H3,(H,33,34)/t24-/m1/s1. The minimum atomic E-state index is -0.801. The Kier molecular flexibility index (Phi) is 7.18. The number of rotatable bonds is 8. The highest BCUT2D eigenvalue weighted by Gasteiger charge is 2.20. The molecule has 0 bridgehead atoms. The fourth-order valence-electron chi connectivity index (χ4n) is 4.47. The number of ether oxygens (including phenoxy) is 2. The minimum absolute atomic E-state index is 0.274. The van der Waals surface area contributed by atoms with Gasteiger partial charge in [0.1, 0.15) is 22.8 Å². The van der Waals surface area contributed by atoms with Crippen molar-refractivity contribution in [3.8, 4) is 33.1 Å². The van der Waals surface area contributed by atoms with E-state index in [2.05, 4.69) is 22.7 Å². The molecule has 3 N–H and O–H groups in total. The summed E-state index contributed by atoms with van der Waals surface area (Å²) in [6.07, 6.45) is 2.11. The molecule has 1 amide bonds. The topological polar surface area (TPSA) is 99.6 Å². The second kappa shape index (κ2) is 10.7. The molecule has 0 aliphatic carbocycles. The van der Waals surface area contributed by atoms with Crippen molar-refractivity contribution in [1.29, 1.82) is 0 Å². The average Bonchev–Trinajstić information content (AvgIpc) is 3.57. The number of benzene rings is 3. The molecule has 0 aliphatic rings. The van der Waals surface area contributed by atoms with Gasteiger partial charge in [0, 0.05) is 23.6 Å². The predicted octanol–water partition coefficient (Wildman–Crippen LogP) is 6.37. The monoisotopic (exact) mass is 527 g/mol. The number of nitrogens with one attached hydrogen (secondary N) is 1. The summed E-state index contributed by atoms with van der Waals surface area (Å²) in [6, 6.07) is 18.7. The van der Waals surface area contributed by atoms with Crippen LogP contribution in [-0.4, -0.2) is 30.5 Å². The van der Waals surface area contributed by atoms with Crippen LogP contribution in [0, 0.1) is 13.8 Å². The second-order valence-electron chi connectivity index (χ2n) is 9.15. The lowest BCUT2D eigenvalue weighted by Crippen LogP contribution is -2.37. The number of nitrogens with two attached hydrogens (primary N) is 1. The Morgan fingerprint density at radius 3 is 2.58 bits per heavy atom. The van der Waals surface area contributed by atoms with Crippen molar-refractivity contribution in [1.82, 2.24) is 4.37 Å². The zero-order chi connectivity index (χ0) is 26.8. The summed E-state index contributed by atoms with van der Waals surface area (Å²) in [6.45, 7) is 4.11. The van der Waals surface area contributed by atoms with E-state index in [0.29, 0.717) is 17.2 Å². The number of para-hydroxylation sites is 1. The third kappa shape index (κ3) is 5.01. The predicted molar refractivity (Wildman–Crippen MR) is 152 cm³/mol. The van der Waals surface area contributed by atoms with Gasteiger partial charge in [-0.2, -0.15) is 4.37 Å². The van der Waals surface area contributed by atoms with Crippen LogP contribution in [0.25, 0.3) is 32.5 Å². The highest BCUT2D eigenvalue weighted by atomic mass is 32.1. The van der Waals surface area contributed by atoms with Crippen LogP contribution in [0.5, 0.6) is 11.5 Å². The van der Waals surface area contributed by atoms with Gasteiger partial charge in [-0.3, -0.25) is 4.79 Å². The van der Waals surface area contributed by atoms with Crippen LogP contribution in [-0.2, 0) is 11.2 Å². The van der Waals surface area contributed by atoms with E-state index in [0.717, 1.165) is 49.4 Å². The van der Waals surface area contributed by atoms with E-state index < -0.39 is 6.04 Å². The first-order valence-electron chi connectivity index (χ1n) is 12.2. The first kappa shape index (κ1) is 25.5. The van der Waals surface area contributed by atoms with Crippen LogP contribution >= 0.6 is 11.5 Å². The van der Waals surface area contributed by atoms with Crippen LogP contribution in [0.1, 0.15) is 16.9 Å². The Bertz CT molecular complexity index is 1590. The van der Waals surface area contributed by atoms with Gasteiger partial charge in [-0.1, -0.05) is 30.3 Å². The van der Waals surface area contributed by atoms with Crippen molar-refractivity contribution in [2.75, 3.05) is 19.5 Å². The van der Waals surface area contributed by atoms with Gasteiger partial charge in [-0.25, -0.2) is 0 Å². The van der Waals surface area contributed by atoms with Gasteiger partial charge in [0.2, 0.25) is 5.91 Å². The number of anilines is 1. The van der Waals surface area contributed by atoms with Crippen molar-refractivity contribution in [3.63, 3.8) is 0 Å². The summed E-state index contributed by atoms with van der Waals surface area (Å²) in [4.78, 5) is 14.1. The second-order valence-corrected chi connectivity index (χ2v) is 9.96. The summed E-state index contributed by atoms with van der Waals surface area (Å²) in [5.41, 5.74) is 12.7. The zero-order valence-corrected chi connectivity index (χ0v) is 22.5. The number of hydrogen-bond acceptors (Lipinski definition) is 7. The number of aromatic nitrogens is 1. The molecule has 7 nitrogen and oxygen atoms in total. The van der Waals surface area contributed by atoms with Gasteiger partial charge in [-0.15, -0.1) is 0 Å². The number of carbonyl (C=O) groups is 1. The van der Waals surface area contributed by atoms with Crippen LogP contribution in [0.2, 0.25) is 0 Å². The molecule has 38 heavy (non-hydrogen) atoms. The molecule has 5 aromatic rings. The van der Waals surface area contributed by atoms with Crippen LogP contribution in [0.15, 0.2) is 71.3 Å². The summed E-state index contributed by atoms with van der Waals surface area (Å²) in [7, 11) is 3.24. The third-order valence-corrected chi connectivity index (χ3v) is 7.52. The Hall–Kier alpha value is -4.14. The van der Waals surface area contributed by atoms with Crippen LogP contribution < -0.4 is 20.5 Å². The molecule has 2 heterocycles. The Balaban J connectivity index is 1.41. The van der Waals surface area contributed by atoms with Crippen molar-refractivity contribution in [2.24, 2.45) is 5.73 Å². The highest BCUT2D eigenvalue weighted by Crippen LogP contribution is 2.40. The molecule has 8 heteroatoms. The molecular formula is C30H29N3O4S. The van der Waals surface area contributed by atoms with Gasteiger partial charge in [-0.05, 0) is 78.0 Å². The van der Waals surface area contributed by atoms with Gasteiger partial charge >= 0.3 is 0 Å². The van der Waals surface area contributed by atoms with Crippen molar-refractivity contribution < 1.29 is 18.7 Å². The molecule has 2 aromatic heterocycles. The Morgan fingerprint density at radius 1 is 1.03 bits per heavy atom. The van der Waals surface area contributed by atoms with Gasteiger partial charge in [0.25, 0.3) is 0 Å². The number of carbonyl (C=O) groups excluding carboxylic acids is 1. The molecule has 194 valence electrons. The number of fused-ring (bicyclic) bond motifs is 1. The highest BCUT2D eigenvalue weighted by molar-refractivity contribution is 7.10. The lowest BCUT2D eigenvalue weighted by Gasteiger charge is -2.15. The lowest BCUT2D eigenvalue weighted by molar-refractivity contribution is -0.117. The minimum Gasteiger partial charge on any atom is -0.496 e. The molecule has 0 saturated heterocycles. The van der Waals surface area contributed by atoms with E-state index in [9.17, 15) is 4.79 Å². The van der Waals surface area contributed by atoms with Crippen LogP contribution in [0.3, 0.4) is 0 Å². The van der Waals surface area contributed by atoms with Crippen molar-refractivity contribution >= 4 is 34.1 Å².